The first-order chi connectivity index (χ1) is 7.67. The van der Waals surface area contributed by atoms with E-state index in [0.717, 1.165) is 28.2 Å². The summed E-state index contributed by atoms with van der Waals surface area (Å²) in [6.45, 7) is 5.36. The quantitative estimate of drug-likeness (QED) is 0.814. The Morgan fingerprint density at radius 1 is 1.56 bits per heavy atom. The fourth-order valence-corrected chi connectivity index (χ4v) is 2.08. The third-order valence-corrected chi connectivity index (χ3v) is 3.15. The SMILES string of the molecule is C=C(Br)CNCc1ccc(SC)c(OC)c1. The lowest BCUT2D eigenvalue weighted by atomic mass is 10.2. The fourth-order valence-electron chi connectivity index (χ4n) is 1.33. The van der Waals surface area contributed by atoms with E-state index < -0.39 is 0 Å². The molecule has 0 unspecified atom stereocenters. The Morgan fingerprint density at radius 3 is 2.88 bits per heavy atom. The van der Waals surface area contributed by atoms with Gasteiger partial charge in [0, 0.05) is 22.5 Å². The van der Waals surface area contributed by atoms with Gasteiger partial charge >= 0.3 is 0 Å². The van der Waals surface area contributed by atoms with Crippen molar-refractivity contribution in [3.63, 3.8) is 0 Å². The maximum atomic E-state index is 5.33. The molecule has 0 aromatic heterocycles. The highest BCUT2D eigenvalue weighted by molar-refractivity contribution is 9.11. The summed E-state index contributed by atoms with van der Waals surface area (Å²) in [4.78, 5) is 1.16. The second-order valence-corrected chi connectivity index (χ2v) is 5.28. The third kappa shape index (κ3) is 4.20. The Labute approximate surface area is 110 Å². The van der Waals surface area contributed by atoms with Gasteiger partial charge < -0.3 is 10.1 Å². The Hall–Kier alpha value is -0.450. The van der Waals surface area contributed by atoms with Crippen LogP contribution in [0, 0.1) is 0 Å². The van der Waals surface area contributed by atoms with Crippen molar-refractivity contribution in [3.8, 4) is 5.75 Å². The van der Waals surface area contributed by atoms with Crippen molar-refractivity contribution in [2.45, 2.75) is 11.4 Å². The van der Waals surface area contributed by atoms with Crippen molar-refractivity contribution in [2.75, 3.05) is 19.9 Å². The first-order valence-electron chi connectivity index (χ1n) is 4.92. The first-order valence-corrected chi connectivity index (χ1v) is 6.94. The lowest BCUT2D eigenvalue weighted by Gasteiger charge is -2.09. The van der Waals surface area contributed by atoms with Gasteiger partial charge in [-0.15, -0.1) is 11.8 Å². The normalized spacial score (nSPS) is 10.2. The number of hydrogen-bond donors (Lipinski definition) is 1. The van der Waals surface area contributed by atoms with E-state index in [0.29, 0.717) is 0 Å². The number of ether oxygens (including phenoxy) is 1. The summed E-state index contributed by atoms with van der Waals surface area (Å²) in [5.74, 6) is 0.935. The number of hydrogen-bond acceptors (Lipinski definition) is 3. The van der Waals surface area contributed by atoms with Gasteiger partial charge in [0.05, 0.1) is 7.11 Å². The highest BCUT2D eigenvalue weighted by Gasteiger charge is 2.02. The van der Waals surface area contributed by atoms with E-state index in [2.05, 4.69) is 46.0 Å². The topological polar surface area (TPSA) is 21.3 Å². The van der Waals surface area contributed by atoms with Gasteiger partial charge in [-0.1, -0.05) is 28.6 Å². The van der Waals surface area contributed by atoms with Crippen molar-refractivity contribution in [1.29, 1.82) is 0 Å². The van der Waals surface area contributed by atoms with Crippen LogP contribution in [0.4, 0.5) is 0 Å². The minimum atomic E-state index is 0.770. The summed E-state index contributed by atoms with van der Waals surface area (Å²) in [5.41, 5.74) is 1.21. The van der Waals surface area contributed by atoms with Crippen LogP contribution in [0.2, 0.25) is 0 Å². The van der Waals surface area contributed by atoms with Gasteiger partial charge in [-0.2, -0.15) is 0 Å². The van der Waals surface area contributed by atoms with E-state index in [9.17, 15) is 0 Å². The van der Waals surface area contributed by atoms with Gasteiger partial charge in [-0.3, -0.25) is 0 Å². The maximum absolute atomic E-state index is 5.33. The van der Waals surface area contributed by atoms with Gasteiger partial charge in [-0.25, -0.2) is 0 Å². The summed E-state index contributed by atoms with van der Waals surface area (Å²) in [7, 11) is 1.70. The summed E-state index contributed by atoms with van der Waals surface area (Å²) in [6, 6.07) is 6.26. The predicted molar refractivity (Wildman–Crippen MR) is 74.5 cm³/mol. The van der Waals surface area contributed by atoms with Crippen molar-refractivity contribution < 1.29 is 4.74 Å². The van der Waals surface area contributed by atoms with Gasteiger partial charge in [0.15, 0.2) is 0 Å². The van der Waals surface area contributed by atoms with Gasteiger partial charge in [-0.05, 0) is 24.0 Å². The van der Waals surface area contributed by atoms with Gasteiger partial charge in [0.2, 0.25) is 0 Å². The van der Waals surface area contributed by atoms with Crippen LogP contribution in [-0.4, -0.2) is 19.9 Å². The summed E-state index contributed by atoms with van der Waals surface area (Å²) >= 11 is 5.00. The van der Waals surface area contributed by atoms with Gasteiger partial charge in [0.25, 0.3) is 0 Å². The molecule has 16 heavy (non-hydrogen) atoms. The molecule has 0 heterocycles. The van der Waals surface area contributed by atoms with E-state index in [1.54, 1.807) is 18.9 Å². The van der Waals surface area contributed by atoms with Crippen LogP contribution in [0.5, 0.6) is 5.75 Å². The molecule has 1 aromatic carbocycles. The minimum Gasteiger partial charge on any atom is -0.496 e. The molecule has 1 N–H and O–H groups in total. The Bertz CT molecular complexity index is 368. The van der Waals surface area contributed by atoms with Crippen LogP contribution in [-0.2, 0) is 6.54 Å². The van der Waals surface area contributed by atoms with Crippen LogP contribution in [0.1, 0.15) is 5.56 Å². The van der Waals surface area contributed by atoms with E-state index in [-0.39, 0.29) is 0 Å². The fraction of sp³-hybridized carbons (Fsp3) is 0.333. The summed E-state index contributed by atoms with van der Waals surface area (Å²) < 4.78 is 6.29. The molecule has 0 aliphatic carbocycles. The largest absolute Gasteiger partial charge is 0.496 e. The molecule has 0 atom stereocenters. The third-order valence-electron chi connectivity index (χ3n) is 2.09. The molecule has 0 saturated heterocycles. The maximum Gasteiger partial charge on any atom is 0.132 e. The van der Waals surface area contributed by atoms with Crippen LogP contribution >= 0.6 is 27.7 Å². The lowest BCUT2D eigenvalue weighted by molar-refractivity contribution is 0.404. The molecule has 0 saturated carbocycles. The molecular formula is C12H16BrNOS. The Balaban J connectivity index is 2.64. The van der Waals surface area contributed by atoms with Crippen LogP contribution in [0.25, 0.3) is 0 Å². The van der Waals surface area contributed by atoms with Crippen LogP contribution < -0.4 is 10.1 Å². The van der Waals surface area contributed by atoms with Crippen LogP contribution in [0.3, 0.4) is 0 Å². The molecule has 88 valence electrons. The van der Waals surface area contributed by atoms with Crippen molar-refractivity contribution in [3.05, 3.63) is 34.8 Å². The number of rotatable bonds is 6. The van der Waals surface area contributed by atoms with Crippen molar-refractivity contribution in [2.24, 2.45) is 0 Å². The Kier molecular flexibility index (Phi) is 5.95. The van der Waals surface area contributed by atoms with Crippen LogP contribution in [0.15, 0.2) is 34.2 Å². The highest BCUT2D eigenvalue weighted by Crippen LogP contribution is 2.28. The zero-order chi connectivity index (χ0) is 12.0. The molecule has 0 spiro atoms. The predicted octanol–water partition coefficient (Wildman–Crippen LogP) is 3.42. The van der Waals surface area contributed by atoms with Crippen molar-refractivity contribution >= 4 is 27.7 Å². The number of benzene rings is 1. The zero-order valence-corrected chi connectivity index (χ0v) is 12.0. The first kappa shape index (κ1) is 13.6. The molecule has 0 fully saturated rings. The van der Waals surface area contributed by atoms with Crippen molar-refractivity contribution in [1.82, 2.24) is 5.32 Å². The standard InChI is InChI=1S/C12H16BrNOS/c1-9(13)7-14-8-10-4-5-12(16-3)11(6-10)15-2/h4-6,14H,1,7-8H2,2-3H3. The molecular weight excluding hydrogens is 286 g/mol. The zero-order valence-electron chi connectivity index (χ0n) is 9.55. The van der Waals surface area contributed by atoms with E-state index >= 15 is 0 Å². The summed E-state index contributed by atoms with van der Waals surface area (Å²) in [5, 5.41) is 3.28. The lowest BCUT2D eigenvalue weighted by Crippen LogP contribution is -2.14. The molecule has 4 heteroatoms. The number of thioether (sulfide) groups is 1. The molecule has 0 bridgehead atoms. The molecule has 1 aromatic rings. The molecule has 0 amide bonds. The monoisotopic (exact) mass is 301 g/mol. The summed E-state index contributed by atoms with van der Waals surface area (Å²) in [6.07, 6.45) is 2.05. The molecule has 0 aliphatic heterocycles. The van der Waals surface area contributed by atoms with E-state index in [1.807, 2.05) is 6.26 Å². The smallest absolute Gasteiger partial charge is 0.132 e. The number of nitrogens with one attached hydrogen (secondary N) is 1. The minimum absolute atomic E-state index is 0.770. The molecule has 0 aliphatic rings. The van der Waals surface area contributed by atoms with E-state index in [1.165, 1.54) is 5.56 Å². The average Bonchev–Trinajstić information content (AvgIpc) is 2.28. The second kappa shape index (κ2) is 6.99. The second-order valence-electron chi connectivity index (χ2n) is 3.31. The van der Waals surface area contributed by atoms with Gasteiger partial charge in [0.1, 0.15) is 5.75 Å². The Morgan fingerprint density at radius 2 is 2.31 bits per heavy atom. The average molecular weight is 302 g/mol. The molecule has 1 rings (SSSR count). The van der Waals surface area contributed by atoms with E-state index in [4.69, 9.17) is 4.74 Å². The molecule has 2 nitrogen and oxygen atoms in total. The number of methoxy groups -OCH3 is 1. The number of halogens is 1. The molecule has 0 radical (unpaired) electrons. The highest BCUT2D eigenvalue weighted by atomic mass is 79.9.